The van der Waals surface area contributed by atoms with Crippen LogP contribution in [0.3, 0.4) is 0 Å². The Hall–Kier alpha value is -3.60. The molecule has 3 aromatic carbocycles. The summed E-state index contributed by atoms with van der Waals surface area (Å²) >= 11 is 5.56. The zero-order valence-electron chi connectivity index (χ0n) is 23.8. The number of piperidine rings is 1. The first-order chi connectivity index (χ1) is 20.1. The highest BCUT2D eigenvalue weighted by Crippen LogP contribution is 2.27. The Morgan fingerprint density at radius 1 is 1.00 bits per heavy atom. The number of nitrogens with zero attached hydrogens (tertiary/aromatic N) is 1. The summed E-state index contributed by atoms with van der Waals surface area (Å²) in [6, 6.07) is 21.4. The van der Waals surface area contributed by atoms with E-state index in [-0.39, 0.29) is 12.1 Å². The van der Waals surface area contributed by atoms with Gasteiger partial charge in [-0.3, -0.25) is 14.4 Å². The molecule has 1 fully saturated rings. The monoisotopic (exact) mass is 612 g/mol. The Kier molecular flexibility index (Phi) is 10.8. The normalized spacial score (nSPS) is 17.3. The van der Waals surface area contributed by atoms with E-state index in [4.69, 9.17) is 16.3 Å². The Labute approximate surface area is 252 Å². The van der Waals surface area contributed by atoms with Crippen molar-refractivity contribution in [3.63, 3.8) is 0 Å². The Morgan fingerprint density at radius 3 is 2.33 bits per heavy atom. The molecule has 224 valence electrons. The van der Waals surface area contributed by atoms with E-state index in [2.05, 4.69) is 39.3 Å². The van der Waals surface area contributed by atoms with Crippen molar-refractivity contribution in [2.75, 3.05) is 22.8 Å². The van der Waals surface area contributed by atoms with Gasteiger partial charge in [-0.1, -0.05) is 38.0 Å². The molecule has 2 atom stereocenters. The maximum absolute atomic E-state index is 12.7. The van der Waals surface area contributed by atoms with Crippen LogP contribution < -0.4 is 20.1 Å². The van der Waals surface area contributed by atoms with Gasteiger partial charge in [0.1, 0.15) is 11.5 Å². The number of amides is 2. The van der Waals surface area contributed by atoms with Crippen LogP contribution in [0.25, 0.3) is 0 Å². The van der Waals surface area contributed by atoms with Crippen LogP contribution in [0.2, 0.25) is 0 Å². The van der Waals surface area contributed by atoms with Gasteiger partial charge in [0.25, 0.3) is 5.24 Å². The number of unbranched alkanes of at least 4 members (excludes halogenated alkanes) is 1. The third-order valence-electron chi connectivity index (χ3n) is 7.11. The lowest BCUT2D eigenvalue weighted by Gasteiger charge is -2.40. The van der Waals surface area contributed by atoms with E-state index < -0.39 is 15.3 Å². The molecule has 0 saturated carbocycles. The largest absolute Gasteiger partial charge is 0.457 e. The number of carbonyl (C=O) groups excluding carboxylic acids is 2. The van der Waals surface area contributed by atoms with E-state index in [0.717, 1.165) is 51.4 Å². The topological polar surface area (TPSA) is 117 Å². The van der Waals surface area contributed by atoms with Crippen LogP contribution in [0.5, 0.6) is 11.5 Å². The van der Waals surface area contributed by atoms with Crippen molar-refractivity contribution in [2.24, 2.45) is 0 Å². The third kappa shape index (κ3) is 9.75. The van der Waals surface area contributed by atoms with E-state index in [1.165, 1.54) is 5.56 Å². The van der Waals surface area contributed by atoms with Crippen LogP contribution in [0.1, 0.15) is 54.9 Å². The molecular formula is C31H37ClN4O5S. The molecule has 9 nitrogen and oxygen atoms in total. The minimum absolute atomic E-state index is 0.0516. The number of anilines is 2. The van der Waals surface area contributed by atoms with Crippen LogP contribution in [0, 0.1) is 0 Å². The molecule has 4 rings (SSSR count). The highest BCUT2D eigenvalue weighted by molar-refractivity contribution is 7.92. The van der Waals surface area contributed by atoms with Crippen LogP contribution >= 0.6 is 11.6 Å². The zero-order valence-corrected chi connectivity index (χ0v) is 25.4. The highest BCUT2D eigenvalue weighted by atomic mass is 35.5. The first kappa shape index (κ1) is 31.3. The van der Waals surface area contributed by atoms with Gasteiger partial charge in [-0.25, -0.2) is 13.2 Å². The van der Waals surface area contributed by atoms with E-state index in [1.807, 2.05) is 12.1 Å². The van der Waals surface area contributed by atoms with Crippen molar-refractivity contribution in [2.45, 2.75) is 57.7 Å². The van der Waals surface area contributed by atoms with Gasteiger partial charge >= 0.3 is 6.03 Å². The lowest BCUT2D eigenvalue weighted by molar-refractivity contribution is 0.108. The number of rotatable bonds is 12. The quantitative estimate of drug-likeness (QED) is 0.199. The van der Waals surface area contributed by atoms with Crippen molar-refractivity contribution in [3.8, 4) is 11.5 Å². The molecule has 2 unspecified atom stereocenters. The summed E-state index contributed by atoms with van der Waals surface area (Å²) in [5.74, 6) is 1.31. The highest BCUT2D eigenvalue weighted by Gasteiger charge is 2.29. The van der Waals surface area contributed by atoms with E-state index >= 15 is 0 Å². The number of benzene rings is 3. The molecule has 2 amide bonds. The molecule has 0 radical (unpaired) electrons. The molecule has 1 saturated heterocycles. The number of carbonyl (C=O) groups is 2. The molecule has 1 heterocycles. The summed E-state index contributed by atoms with van der Waals surface area (Å²) in [4.78, 5) is 26.6. The van der Waals surface area contributed by atoms with Gasteiger partial charge in [0, 0.05) is 42.1 Å². The van der Waals surface area contributed by atoms with Crippen molar-refractivity contribution < 1.29 is 22.7 Å². The van der Waals surface area contributed by atoms with Crippen molar-refractivity contribution in [1.29, 1.82) is 0 Å². The average Bonchev–Trinajstić information content (AvgIpc) is 2.94. The Morgan fingerprint density at radius 2 is 1.69 bits per heavy atom. The molecule has 42 heavy (non-hydrogen) atoms. The number of nitrogens with one attached hydrogen (secondary N) is 3. The van der Waals surface area contributed by atoms with E-state index in [0.29, 0.717) is 34.5 Å². The molecule has 0 aliphatic carbocycles. The summed E-state index contributed by atoms with van der Waals surface area (Å²) in [6.45, 7) is 3.85. The second kappa shape index (κ2) is 14.5. The molecule has 3 N–H and O–H groups in total. The lowest BCUT2D eigenvalue weighted by atomic mass is 9.93. The second-order valence-corrected chi connectivity index (χ2v) is 12.7. The predicted octanol–water partition coefficient (Wildman–Crippen LogP) is 6.57. The Bertz CT molecular complexity index is 1470. The number of halogens is 1. The molecular weight excluding hydrogens is 576 g/mol. The predicted molar refractivity (Wildman–Crippen MR) is 167 cm³/mol. The molecule has 0 aromatic heterocycles. The summed E-state index contributed by atoms with van der Waals surface area (Å²) < 4.78 is 31.2. The third-order valence-corrected chi connectivity index (χ3v) is 7.94. The van der Waals surface area contributed by atoms with E-state index in [9.17, 15) is 18.0 Å². The minimum atomic E-state index is -3.33. The number of hydrogen-bond donors (Lipinski definition) is 3. The fourth-order valence-electron chi connectivity index (χ4n) is 5.09. The maximum Gasteiger partial charge on any atom is 0.319 e. The molecule has 11 heteroatoms. The summed E-state index contributed by atoms with van der Waals surface area (Å²) in [5.41, 5.74) is 2.51. The van der Waals surface area contributed by atoms with Gasteiger partial charge in [-0.2, -0.15) is 0 Å². The van der Waals surface area contributed by atoms with Gasteiger partial charge in [0.15, 0.2) is 0 Å². The fraction of sp³-hybridized carbons (Fsp3) is 0.355. The van der Waals surface area contributed by atoms with E-state index in [1.54, 1.807) is 48.5 Å². The molecule has 3 aromatic rings. The van der Waals surface area contributed by atoms with Crippen molar-refractivity contribution >= 4 is 44.3 Å². The van der Waals surface area contributed by atoms with Crippen LogP contribution in [0.15, 0.2) is 72.8 Å². The van der Waals surface area contributed by atoms with Crippen molar-refractivity contribution in [1.82, 2.24) is 10.2 Å². The summed E-state index contributed by atoms with van der Waals surface area (Å²) in [6.07, 6.45) is 6.09. The van der Waals surface area contributed by atoms with Crippen molar-refractivity contribution in [3.05, 3.63) is 83.9 Å². The van der Waals surface area contributed by atoms with Gasteiger partial charge in [-0.15, -0.1) is 0 Å². The standard InChI is InChI=1S/C31H37ClN4O5S/c1-3-4-8-27-20-26(34-31(38)33-25-7-5-6-23(19-25)30(32)37)17-18-36(27)21-22-9-13-28(14-10-22)41-29-15-11-24(12-16-29)35-42(2,39)40/h5-7,9-16,19,26-27,35H,3-4,8,17-18,20-21H2,1-2H3,(H2,33,34,38). The van der Waals surface area contributed by atoms with Gasteiger partial charge in [0.2, 0.25) is 10.0 Å². The van der Waals surface area contributed by atoms with Gasteiger partial charge < -0.3 is 15.4 Å². The first-order valence-corrected chi connectivity index (χ1v) is 16.3. The van der Waals surface area contributed by atoms with Crippen LogP contribution in [-0.4, -0.2) is 49.5 Å². The van der Waals surface area contributed by atoms with Gasteiger partial charge in [-0.05, 0) is 91.0 Å². The number of urea groups is 1. The number of likely N-dealkylation sites (tertiary alicyclic amines) is 1. The molecule has 1 aliphatic rings. The first-order valence-electron chi connectivity index (χ1n) is 14.0. The van der Waals surface area contributed by atoms with Crippen LogP contribution in [0.4, 0.5) is 16.2 Å². The lowest BCUT2D eigenvalue weighted by Crippen LogP contribution is -2.50. The second-order valence-electron chi connectivity index (χ2n) is 10.6. The minimum Gasteiger partial charge on any atom is -0.457 e. The molecule has 0 spiro atoms. The fourth-order valence-corrected chi connectivity index (χ4v) is 5.77. The van der Waals surface area contributed by atoms with Gasteiger partial charge in [0.05, 0.1) is 6.26 Å². The SMILES string of the molecule is CCCCC1CC(NC(=O)Nc2cccc(C(=O)Cl)c2)CCN1Cc1ccc(Oc2ccc(NS(C)(=O)=O)cc2)cc1. The smallest absolute Gasteiger partial charge is 0.319 e. The maximum atomic E-state index is 12.7. The Balaban J connectivity index is 1.31. The number of sulfonamides is 1. The number of hydrogen-bond acceptors (Lipinski definition) is 6. The molecule has 1 aliphatic heterocycles. The molecule has 0 bridgehead atoms. The zero-order chi connectivity index (χ0) is 30.1. The summed E-state index contributed by atoms with van der Waals surface area (Å²) in [7, 11) is -3.33. The van der Waals surface area contributed by atoms with Crippen LogP contribution in [-0.2, 0) is 16.6 Å². The summed E-state index contributed by atoms with van der Waals surface area (Å²) in [5, 5.41) is 5.35. The average molecular weight is 613 g/mol. The number of ether oxygens (including phenoxy) is 1.